The number of rotatable bonds is 4. The molecule has 1 saturated heterocycles. The summed E-state index contributed by atoms with van der Waals surface area (Å²) in [7, 11) is -3.96. The fourth-order valence-corrected chi connectivity index (χ4v) is 7.88. The largest absolute Gasteiger partial charge is 0.444 e. The van der Waals surface area contributed by atoms with Crippen LogP contribution in [0.25, 0.3) is 0 Å². The summed E-state index contributed by atoms with van der Waals surface area (Å²) in [5.41, 5.74) is 5.88. The summed E-state index contributed by atoms with van der Waals surface area (Å²) in [6.07, 6.45) is 6.81. The number of carbonyl (C=O) groups excluding carboxylic acids is 4. The molecule has 6 rings (SSSR count). The average molecular weight is 646 g/mol. The molecule has 0 bridgehead atoms. The number of nitrogens with two attached hydrogens (primary N) is 1. The molecular weight excluding hydrogens is 605 g/mol. The van der Waals surface area contributed by atoms with Gasteiger partial charge in [-0.15, -0.1) is 0 Å². The highest BCUT2D eigenvalue weighted by molar-refractivity contribution is 7.91. The van der Waals surface area contributed by atoms with Crippen molar-refractivity contribution in [3.8, 4) is 0 Å². The lowest BCUT2D eigenvalue weighted by Crippen LogP contribution is -2.58. The van der Waals surface area contributed by atoms with Gasteiger partial charge in [-0.25, -0.2) is 17.6 Å². The Hall–Kier alpha value is -3.52. The van der Waals surface area contributed by atoms with Crippen LogP contribution < -0.4 is 15.8 Å². The first-order valence-corrected chi connectivity index (χ1v) is 17.2. The maximum Gasteiger partial charge on any atom is 0.410 e. The van der Waals surface area contributed by atoms with E-state index in [1.165, 1.54) is 15.9 Å². The minimum absolute atomic E-state index is 0.0412. The zero-order valence-corrected chi connectivity index (χ0v) is 26.1. The van der Waals surface area contributed by atoms with Crippen molar-refractivity contribution in [2.75, 3.05) is 6.54 Å². The van der Waals surface area contributed by atoms with E-state index in [1.807, 2.05) is 12.2 Å². The Bertz CT molecular complexity index is 1550. The first-order valence-electron chi connectivity index (χ1n) is 15.7. The molecule has 2 aliphatic carbocycles. The van der Waals surface area contributed by atoms with Gasteiger partial charge in [0.2, 0.25) is 21.8 Å². The predicted octanol–water partition coefficient (Wildman–Crippen LogP) is 1.97. The number of fused-ring (bicyclic) bond motifs is 3. The molecule has 0 radical (unpaired) electrons. The number of allylic oxidation sites excluding steroid dienone is 1. The third kappa shape index (κ3) is 6.06. The maximum absolute atomic E-state index is 14.3. The number of sulfonamides is 1. The maximum atomic E-state index is 14.3. The van der Waals surface area contributed by atoms with Crippen molar-refractivity contribution in [3.63, 3.8) is 0 Å². The van der Waals surface area contributed by atoms with E-state index in [-0.39, 0.29) is 32.5 Å². The number of carbonyl (C=O) groups is 4. The number of halogens is 1. The van der Waals surface area contributed by atoms with Gasteiger partial charge in [-0.1, -0.05) is 37.1 Å². The number of nitrogens with one attached hydrogen (secondary N) is 2. The average Bonchev–Trinajstić information content (AvgIpc) is 3.78. The summed E-state index contributed by atoms with van der Waals surface area (Å²) in [6, 6.07) is 2.67. The molecule has 0 aromatic heterocycles. The van der Waals surface area contributed by atoms with Crippen LogP contribution in [0.5, 0.6) is 0 Å². The summed E-state index contributed by atoms with van der Waals surface area (Å²) in [4.78, 5) is 56.8. The molecule has 5 atom stereocenters. The Morgan fingerprint density at radius 3 is 2.67 bits per heavy atom. The molecule has 4 N–H and O–H groups in total. The Morgan fingerprint density at radius 2 is 1.93 bits per heavy atom. The summed E-state index contributed by atoms with van der Waals surface area (Å²) in [5.74, 6) is -2.75. The number of nitrogens with zero attached hydrogens (tertiary/aromatic N) is 2. The van der Waals surface area contributed by atoms with Crippen LogP contribution in [0.3, 0.4) is 0 Å². The molecule has 1 aromatic rings. The molecule has 244 valence electrons. The number of amides is 4. The van der Waals surface area contributed by atoms with Gasteiger partial charge in [0.25, 0.3) is 5.91 Å². The van der Waals surface area contributed by atoms with Gasteiger partial charge in [0.05, 0.1) is 23.9 Å². The first-order chi connectivity index (χ1) is 21.3. The number of ether oxygens (including phenoxy) is 1. The van der Waals surface area contributed by atoms with Crippen molar-refractivity contribution in [1.29, 1.82) is 0 Å². The van der Waals surface area contributed by atoms with Crippen molar-refractivity contribution in [2.24, 2.45) is 11.7 Å². The van der Waals surface area contributed by atoms with Crippen molar-refractivity contribution in [1.82, 2.24) is 19.8 Å². The molecule has 2 saturated carbocycles. The van der Waals surface area contributed by atoms with Crippen molar-refractivity contribution in [2.45, 2.75) is 106 Å². The van der Waals surface area contributed by atoms with E-state index in [0.717, 1.165) is 19.3 Å². The quantitative estimate of drug-likeness (QED) is 0.418. The molecule has 45 heavy (non-hydrogen) atoms. The van der Waals surface area contributed by atoms with E-state index in [1.54, 1.807) is 19.1 Å². The normalized spacial score (nSPS) is 31.1. The van der Waals surface area contributed by atoms with Gasteiger partial charge in [0, 0.05) is 24.4 Å². The van der Waals surface area contributed by atoms with E-state index < -0.39 is 74.0 Å². The van der Waals surface area contributed by atoms with Gasteiger partial charge >= 0.3 is 6.09 Å². The van der Waals surface area contributed by atoms with Gasteiger partial charge in [-0.05, 0) is 57.1 Å². The van der Waals surface area contributed by atoms with Crippen LogP contribution in [0.4, 0.5) is 9.18 Å². The van der Waals surface area contributed by atoms with Crippen LogP contribution in [0.2, 0.25) is 0 Å². The van der Waals surface area contributed by atoms with Gasteiger partial charge in [0.15, 0.2) is 0 Å². The summed E-state index contributed by atoms with van der Waals surface area (Å²) < 4.78 is 47.0. The molecule has 14 heteroatoms. The third-order valence-electron chi connectivity index (χ3n) is 9.97. The highest BCUT2D eigenvalue weighted by Gasteiger charge is 2.63. The second kappa shape index (κ2) is 11.7. The van der Waals surface area contributed by atoms with Crippen LogP contribution in [-0.2, 0) is 42.2 Å². The molecule has 0 spiro atoms. The van der Waals surface area contributed by atoms with E-state index in [4.69, 9.17) is 10.5 Å². The lowest BCUT2D eigenvalue weighted by atomic mass is 10.1. The van der Waals surface area contributed by atoms with E-state index in [0.29, 0.717) is 36.8 Å². The molecule has 1 aromatic carbocycles. The fraction of sp³-hybridized carbons (Fsp3) is 0.613. The lowest BCUT2D eigenvalue weighted by Gasteiger charge is -2.28. The van der Waals surface area contributed by atoms with Crippen LogP contribution >= 0.6 is 0 Å². The summed E-state index contributed by atoms with van der Waals surface area (Å²) >= 11 is 0. The standard InChI is InChI=1S/C31H40FN5O7S/c1-30(12-13-30)45(42,43)35-28(40)31-15-20(31)9-5-3-2-4-6-11-24(33)27(39)37-17-21(14-25(37)26(38)34-31)44-29(41)36-16-19-8-7-10-23(32)22(19)18-36/h5,7-10,20-21,24-25H,2-4,6,11-18,33H2,1H3,(H,34,38)(H,35,40)/t20-,21-,24+,25+,31-/m1/s1. The molecule has 0 unspecified atom stereocenters. The van der Waals surface area contributed by atoms with Gasteiger partial charge in [-0.3, -0.25) is 24.0 Å². The Balaban J connectivity index is 1.21. The smallest absolute Gasteiger partial charge is 0.410 e. The third-order valence-corrected chi connectivity index (χ3v) is 12.1. The zero-order chi connectivity index (χ0) is 32.1. The summed E-state index contributed by atoms with van der Waals surface area (Å²) in [6.45, 7) is 1.70. The van der Waals surface area contributed by atoms with Crippen molar-refractivity contribution in [3.05, 3.63) is 47.3 Å². The van der Waals surface area contributed by atoms with Gasteiger partial charge in [-0.2, -0.15) is 0 Å². The number of hydrogen-bond acceptors (Lipinski definition) is 8. The lowest BCUT2D eigenvalue weighted by molar-refractivity contribution is -0.140. The molecular formula is C31H40FN5O7S. The van der Waals surface area contributed by atoms with E-state index >= 15 is 0 Å². The van der Waals surface area contributed by atoms with Crippen molar-refractivity contribution < 1.29 is 36.7 Å². The highest BCUT2D eigenvalue weighted by atomic mass is 32.2. The monoisotopic (exact) mass is 645 g/mol. The minimum atomic E-state index is -3.96. The topological polar surface area (TPSA) is 168 Å². The summed E-state index contributed by atoms with van der Waals surface area (Å²) in [5, 5.41) is 2.79. The van der Waals surface area contributed by atoms with Crippen LogP contribution in [0.15, 0.2) is 30.4 Å². The molecule has 12 nitrogen and oxygen atoms in total. The Labute approximate surface area is 261 Å². The first kappa shape index (κ1) is 31.5. The van der Waals surface area contributed by atoms with Crippen LogP contribution in [0.1, 0.15) is 75.8 Å². The predicted molar refractivity (Wildman–Crippen MR) is 160 cm³/mol. The zero-order valence-electron chi connectivity index (χ0n) is 25.3. The molecule has 5 aliphatic rings. The van der Waals surface area contributed by atoms with Crippen molar-refractivity contribution >= 4 is 33.8 Å². The number of benzene rings is 1. The SMILES string of the molecule is CC1(S(=O)(=O)NC(=O)[C@@]23C[C@H]2C=CCCCCC[C@H](N)C(=O)N2C[C@H](OC(=O)N4Cc5cccc(F)c5C4)C[C@H]2C(=O)N3)CC1. The van der Waals surface area contributed by atoms with E-state index in [9.17, 15) is 32.0 Å². The molecule has 3 aliphatic heterocycles. The van der Waals surface area contributed by atoms with Gasteiger partial charge < -0.3 is 20.7 Å². The highest BCUT2D eigenvalue weighted by Crippen LogP contribution is 2.47. The number of hydrogen-bond donors (Lipinski definition) is 3. The molecule has 3 fully saturated rings. The fourth-order valence-electron chi connectivity index (χ4n) is 6.57. The molecule has 3 heterocycles. The second-order valence-corrected chi connectivity index (χ2v) is 15.5. The van der Waals surface area contributed by atoms with Crippen LogP contribution in [0, 0.1) is 11.7 Å². The molecule has 4 amide bonds. The Morgan fingerprint density at radius 1 is 1.16 bits per heavy atom. The van der Waals surface area contributed by atoms with Gasteiger partial charge in [0.1, 0.15) is 23.5 Å². The Kier molecular flexibility index (Phi) is 8.17. The second-order valence-electron chi connectivity index (χ2n) is 13.3. The van der Waals surface area contributed by atoms with E-state index in [2.05, 4.69) is 10.0 Å². The van der Waals surface area contributed by atoms with Crippen LogP contribution in [-0.4, -0.2) is 77.1 Å². The minimum Gasteiger partial charge on any atom is -0.444 e.